The maximum Gasteiger partial charge on any atom is 0.149 e. The molecule has 4 nitrogen and oxygen atoms in total. The molecule has 28 heavy (non-hydrogen) atoms. The molecule has 0 aliphatic heterocycles. The van der Waals surface area contributed by atoms with Crippen LogP contribution in [-0.2, 0) is 0 Å². The smallest absolute Gasteiger partial charge is 0.149 e. The van der Waals surface area contributed by atoms with Gasteiger partial charge in [0.05, 0.1) is 6.20 Å². The zero-order chi connectivity index (χ0) is 19.7. The van der Waals surface area contributed by atoms with Gasteiger partial charge < -0.3 is 9.72 Å². The van der Waals surface area contributed by atoms with Crippen LogP contribution in [-0.4, -0.2) is 14.4 Å². The topological polar surface area (TPSA) is 42.2 Å². The summed E-state index contributed by atoms with van der Waals surface area (Å²) in [4.78, 5) is 9.02. The van der Waals surface area contributed by atoms with Gasteiger partial charge in [-0.2, -0.15) is 0 Å². The maximum atomic E-state index is 4.73. The Morgan fingerprint density at radius 1 is 1.18 bits per heavy atom. The van der Waals surface area contributed by atoms with E-state index in [9.17, 15) is 0 Å². The third-order valence-electron chi connectivity index (χ3n) is 6.12. The first-order chi connectivity index (χ1) is 13.5. The third-order valence-corrected chi connectivity index (χ3v) is 6.12. The molecular formula is C24H30N4. The zero-order valence-electron chi connectivity index (χ0n) is 17.2. The van der Waals surface area contributed by atoms with Crippen molar-refractivity contribution in [3.63, 3.8) is 0 Å². The quantitative estimate of drug-likeness (QED) is 0.587. The van der Waals surface area contributed by atoms with E-state index in [0.717, 1.165) is 40.3 Å². The number of hydrogen-bond donors (Lipinski definition) is 1. The van der Waals surface area contributed by atoms with Gasteiger partial charge in [0.1, 0.15) is 11.5 Å². The summed E-state index contributed by atoms with van der Waals surface area (Å²) in [6.45, 7) is 11.0. The van der Waals surface area contributed by atoms with Crippen molar-refractivity contribution >= 4 is 11.5 Å². The summed E-state index contributed by atoms with van der Waals surface area (Å²) < 4.78 is 2.08. The third kappa shape index (κ3) is 3.96. The fourth-order valence-electron chi connectivity index (χ4n) is 4.36. The Hall–Kier alpha value is -2.62. The van der Waals surface area contributed by atoms with Gasteiger partial charge in [-0.1, -0.05) is 33.3 Å². The number of nitrogens with zero attached hydrogens (tertiary/aromatic N) is 3. The van der Waals surface area contributed by atoms with Crippen molar-refractivity contribution in [3.8, 4) is 11.1 Å². The van der Waals surface area contributed by atoms with Gasteiger partial charge in [0.2, 0.25) is 0 Å². The molecule has 0 spiro atoms. The number of fused-ring (bicyclic) bond motifs is 1. The fraction of sp³-hybridized carbons (Fsp3) is 0.417. The van der Waals surface area contributed by atoms with E-state index in [4.69, 9.17) is 4.98 Å². The molecule has 3 aromatic heterocycles. The predicted octanol–water partition coefficient (Wildman–Crippen LogP) is 6.09. The van der Waals surface area contributed by atoms with Crippen LogP contribution in [0.4, 0.5) is 5.82 Å². The number of aromatic nitrogens is 3. The van der Waals surface area contributed by atoms with Gasteiger partial charge in [0.15, 0.2) is 0 Å². The zero-order valence-corrected chi connectivity index (χ0v) is 17.2. The molecule has 3 heterocycles. The first-order valence-electron chi connectivity index (χ1n) is 10.4. The molecule has 146 valence electrons. The number of allylic oxidation sites excluding steroid dienone is 1. The standard InChI is InChI=1S/C24H30N4/c1-16(2)19-6-5-7-20(13-19)18(4)26-23-15-28-14-22(8-9-24(28)27-23)21-10-11-25-17(3)12-21/h8-12,14-16,19-20,26H,4-7,13H2,1-3H3. The summed E-state index contributed by atoms with van der Waals surface area (Å²) in [7, 11) is 0. The lowest BCUT2D eigenvalue weighted by Crippen LogP contribution is -2.23. The van der Waals surface area contributed by atoms with Gasteiger partial charge in [-0.25, -0.2) is 4.98 Å². The highest BCUT2D eigenvalue weighted by atomic mass is 15.1. The molecule has 0 aromatic carbocycles. The lowest BCUT2D eigenvalue weighted by atomic mass is 9.75. The Morgan fingerprint density at radius 2 is 2.04 bits per heavy atom. The predicted molar refractivity (Wildman–Crippen MR) is 116 cm³/mol. The monoisotopic (exact) mass is 374 g/mol. The number of nitrogens with one attached hydrogen (secondary N) is 1. The van der Waals surface area contributed by atoms with Gasteiger partial charge in [-0.15, -0.1) is 0 Å². The first-order valence-corrected chi connectivity index (χ1v) is 10.4. The van der Waals surface area contributed by atoms with Crippen LogP contribution in [0.25, 0.3) is 16.8 Å². The van der Waals surface area contributed by atoms with E-state index >= 15 is 0 Å². The van der Waals surface area contributed by atoms with Gasteiger partial charge in [0.25, 0.3) is 0 Å². The lowest BCUT2D eigenvalue weighted by molar-refractivity contribution is 0.236. The Balaban J connectivity index is 1.51. The van der Waals surface area contributed by atoms with Crippen molar-refractivity contribution in [2.24, 2.45) is 17.8 Å². The minimum absolute atomic E-state index is 0.543. The van der Waals surface area contributed by atoms with Gasteiger partial charge in [-0.05, 0) is 72.9 Å². The molecule has 4 rings (SSSR count). The average Bonchev–Trinajstić information content (AvgIpc) is 3.09. The largest absolute Gasteiger partial charge is 0.343 e. The van der Waals surface area contributed by atoms with Gasteiger partial charge >= 0.3 is 0 Å². The summed E-state index contributed by atoms with van der Waals surface area (Å²) in [6.07, 6.45) is 11.2. The van der Waals surface area contributed by atoms with Gasteiger partial charge in [-0.3, -0.25) is 4.98 Å². The normalized spacial score (nSPS) is 19.9. The SMILES string of the molecule is C=C(Nc1cn2cc(-c3ccnc(C)c3)ccc2n1)C1CCCC(C(C)C)C1. The minimum Gasteiger partial charge on any atom is -0.343 e. The molecule has 1 fully saturated rings. The van der Waals surface area contributed by atoms with E-state index in [0.29, 0.717) is 5.92 Å². The molecule has 1 saturated carbocycles. The second kappa shape index (κ2) is 7.78. The summed E-state index contributed by atoms with van der Waals surface area (Å²) in [5.74, 6) is 2.98. The molecule has 0 saturated heterocycles. The maximum absolute atomic E-state index is 4.73. The summed E-state index contributed by atoms with van der Waals surface area (Å²) in [6, 6.07) is 8.33. The van der Waals surface area contributed by atoms with Crippen molar-refractivity contribution in [1.29, 1.82) is 0 Å². The minimum atomic E-state index is 0.543. The van der Waals surface area contributed by atoms with Crippen molar-refractivity contribution < 1.29 is 0 Å². The van der Waals surface area contributed by atoms with E-state index in [1.54, 1.807) is 0 Å². The summed E-state index contributed by atoms with van der Waals surface area (Å²) in [5.41, 5.74) is 5.40. The number of hydrogen-bond acceptors (Lipinski definition) is 3. The molecule has 3 aromatic rings. The van der Waals surface area contributed by atoms with Crippen molar-refractivity contribution in [2.75, 3.05) is 5.32 Å². The summed E-state index contributed by atoms with van der Waals surface area (Å²) >= 11 is 0. The highest BCUT2D eigenvalue weighted by molar-refractivity contribution is 5.65. The van der Waals surface area contributed by atoms with Crippen molar-refractivity contribution in [1.82, 2.24) is 14.4 Å². The molecular weight excluding hydrogens is 344 g/mol. The van der Waals surface area contributed by atoms with E-state index in [-0.39, 0.29) is 0 Å². The Labute approximate surface area is 167 Å². The number of pyridine rings is 2. The molecule has 1 aliphatic rings. The molecule has 0 bridgehead atoms. The van der Waals surface area contributed by atoms with Crippen LogP contribution in [0, 0.1) is 24.7 Å². The Bertz CT molecular complexity index is 985. The molecule has 0 amide bonds. The average molecular weight is 375 g/mol. The Morgan fingerprint density at radius 3 is 2.82 bits per heavy atom. The number of imidazole rings is 1. The Kier molecular flexibility index (Phi) is 5.21. The van der Waals surface area contributed by atoms with Crippen LogP contribution in [0.1, 0.15) is 45.2 Å². The number of aryl methyl sites for hydroxylation is 1. The first kappa shape index (κ1) is 18.7. The number of rotatable bonds is 5. The van der Waals surface area contributed by atoms with E-state index in [2.05, 4.69) is 65.7 Å². The van der Waals surface area contributed by atoms with Crippen molar-refractivity contribution in [2.45, 2.75) is 46.5 Å². The van der Waals surface area contributed by atoms with E-state index in [1.165, 1.54) is 31.2 Å². The van der Waals surface area contributed by atoms with E-state index < -0.39 is 0 Å². The van der Waals surface area contributed by atoms with Crippen LogP contribution in [0.2, 0.25) is 0 Å². The molecule has 1 N–H and O–H groups in total. The summed E-state index contributed by atoms with van der Waals surface area (Å²) in [5, 5.41) is 3.49. The molecule has 2 atom stereocenters. The van der Waals surface area contributed by atoms with E-state index in [1.807, 2.05) is 19.2 Å². The second-order valence-corrected chi connectivity index (χ2v) is 8.51. The fourth-order valence-corrected chi connectivity index (χ4v) is 4.36. The van der Waals surface area contributed by atoms with Crippen molar-refractivity contribution in [3.05, 3.63) is 60.8 Å². The highest BCUT2D eigenvalue weighted by Crippen LogP contribution is 2.37. The lowest BCUT2D eigenvalue weighted by Gasteiger charge is -2.32. The molecule has 2 unspecified atom stereocenters. The molecule has 0 radical (unpaired) electrons. The van der Waals surface area contributed by atoms with Crippen LogP contribution in [0.3, 0.4) is 0 Å². The van der Waals surface area contributed by atoms with Crippen LogP contribution in [0.15, 0.2) is 55.1 Å². The molecule has 4 heteroatoms. The van der Waals surface area contributed by atoms with Crippen LogP contribution in [0.5, 0.6) is 0 Å². The van der Waals surface area contributed by atoms with Gasteiger partial charge in [0, 0.05) is 23.8 Å². The second-order valence-electron chi connectivity index (χ2n) is 8.51. The van der Waals surface area contributed by atoms with Crippen LogP contribution >= 0.6 is 0 Å². The highest BCUT2D eigenvalue weighted by Gasteiger charge is 2.26. The van der Waals surface area contributed by atoms with Crippen LogP contribution < -0.4 is 5.32 Å². The molecule has 1 aliphatic carbocycles. The number of anilines is 1.